The maximum atomic E-state index is 5.25. The molecule has 0 aliphatic carbocycles. The van der Waals surface area contributed by atoms with Gasteiger partial charge < -0.3 is 14.6 Å². The summed E-state index contributed by atoms with van der Waals surface area (Å²) in [7, 11) is 3.61. The Bertz CT molecular complexity index is 297. The third kappa shape index (κ3) is 3.57. The summed E-state index contributed by atoms with van der Waals surface area (Å²) in [6.45, 7) is 4.16. The summed E-state index contributed by atoms with van der Waals surface area (Å²) in [5.41, 5.74) is 0. The second-order valence-corrected chi connectivity index (χ2v) is 3.91. The number of nitrogens with one attached hydrogen (secondary N) is 1. The van der Waals surface area contributed by atoms with Crippen molar-refractivity contribution in [1.29, 1.82) is 0 Å². The number of hydrogen-bond donors (Lipinski definition) is 1. The Morgan fingerprint density at radius 2 is 2.25 bits per heavy atom. The van der Waals surface area contributed by atoms with Gasteiger partial charge in [0.15, 0.2) is 0 Å². The van der Waals surface area contributed by atoms with Gasteiger partial charge in [-0.1, -0.05) is 12.1 Å². The molecule has 5 nitrogen and oxygen atoms in total. The van der Waals surface area contributed by atoms with Crippen LogP contribution in [0.25, 0.3) is 0 Å². The summed E-state index contributed by atoms with van der Waals surface area (Å²) < 4.78 is 10.4. The molecule has 0 amide bonds. The highest BCUT2D eigenvalue weighted by Gasteiger charge is 2.15. The van der Waals surface area contributed by atoms with E-state index in [2.05, 4.69) is 22.4 Å². The Kier molecular flexibility index (Phi) is 5.42. The Morgan fingerprint density at radius 1 is 1.50 bits per heavy atom. The van der Waals surface area contributed by atoms with Gasteiger partial charge in [0, 0.05) is 19.6 Å². The van der Waals surface area contributed by atoms with E-state index < -0.39 is 0 Å². The van der Waals surface area contributed by atoms with Gasteiger partial charge in [-0.15, -0.1) is 0 Å². The molecule has 0 fully saturated rings. The molecule has 16 heavy (non-hydrogen) atoms. The largest absolute Gasteiger partial charge is 0.373 e. The van der Waals surface area contributed by atoms with Crippen molar-refractivity contribution < 1.29 is 9.26 Å². The zero-order chi connectivity index (χ0) is 12.0. The second-order valence-electron chi connectivity index (χ2n) is 3.91. The fraction of sp³-hybridized carbons (Fsp3) is 0.818. The summed E-state index contributed by atoms with van der Waals surface area (Å²) in [4.78, 5) is 4.33. The highest BCUT2D eigenvalue weighted by atomic mass is 16.5. The predicted molar refractivity (Wildman–Crippen MR) is 61.2 cm³/mol. The van der Waals surface area contributed by atoms with E-state index in [4.69, 9.17) is 9.26 Å². The van der Waals surface area contributed by atoms with Crippen molar-refractivity contribution in [2.45, 2.75) is 45.3 Å². The van der Waals surface area contributed by atoms with Crippen molar-refractivity contribution in [3.63, 3.8) is 0 Å². The van der Waals surface area contributed by atoms with E-state index in [1.54, 1.807) is 7.11 Å². The fourth-order valence-electron chi connectivity index (χ4n) is 1.44. The van der Waals surface area contributed by atoms with Crippen LogP contribution in [0.15, 0.2) is 4.52 Å². The molecule has 0 aromatic carbocycles. The third-order valence-corrected chi connectivity index (χ3v) is 2.71. The SMILES string of the molecule is CCC(OC)c1noc(CCC(C)NC)n1. The van der Waals surface area contributed by atoms with E-state index in [0.29, 0.717) is 17.8 Å². The molecule has 2 unspecified atom stereocenters. The van der Waals surface area contributed by atoms with Crippen molar-refractivity contribution in [3.05, 3.63) is 11.7 Å². The summed E-state index contributed by atoms with van der Waals surface area (Å²) in [5.74, 6) is 1.34. The Labute approximate surface area is 96.6 Å². The molecule has 0 spiro atoms. The van der Waals surface area contributed by atoms with Gasteiger partial charge >= 0.3 is 0 Å². The monoisotopic (exact) mass is 227 g/mol. The summed E-state index contributed by atoms with van der Waals surface area (Å²) >= 11 is 0. The minimum Gasteiger partial charge on any atom is -0.373 e. The molecule has 92 valence electrons. The van der Waals surface area contributed by atoms with Gasteiger partial charge in [-0.3, -0.25) is 0 Å². The molecule has 2 atom stereocenters. The number of hydrogen-bond acceptors (Lipinski definition) is 5. The topological polar surface area (TPSA) is 60.2 Å². The maximum absolute atomic E-state index is 5.25. The lowest BCUT2D eigenvalue weighted by molar-refractivity contribution is 0.0903. The number of methoxy groups -OCH3 is 1. The zero-order valence-corrected chi connectivity index (χ0v) is 10.5. The number of rotatable bonds is 7. The van der Waals surface area contributed by atoms with E-state index in [1.807, 2.05) is 14.0 Å². The highest BCUT2D eigenvalue weighted by molar-refractivity contribution is 4.91. The first-order valence-electron chi connectivity index (χ1n) is 5.73. The van der Waals surface area contributed by atoms with Crippen LogP contribution in [0.1, 0.15) is 44.5 Å². The first-order valence-corrected chi connectivity index (χ1v) is 5.73. The molecule has 1 rings (SSSR count). The van der Waals surface area contributed by atoms with Crippen molar-refractivity contribution >= 4 is 0 Å². The minimum atomic E-state index is -0.0563. The standard InChI is InChI=1S/C11H21N3O2/c1-5-9(15-4)11-13-10(16-14-11)7-6-8(2)12-3/h8-9,12H,5-7H2,1-4H3. The van der Waals surface area contributed by atoms with Gasteiger partial charge in [-0.25, -0.2) is 0 Å². The van der Waals surface area contributed by atoms with Gasteiger partial charge in [0.05, 0.1) is 0 Å². The first-order chi connectivity index (χ1) is 7.71. The van der Waals surface area contributed by atoms with Crippen LogP contribution in [0, 0.1) is 0 Å². The lowest BCUT2D eigenvalue weighted by Crippen LogP contribution is -2.21. The van der Waals surface area contributed by atoms with Crippen LogP contribution < -0.4 is 5.32 Å². The quantitative estimate of drug-likeness (QED) is 0.768. The molecule has 0 saturated carbocycles. The lowest BCUT2D eigenvalue weighted by Gasteiger charge is -2.07. The smallest absolute Gasteiger partial charge is 0.226 e. The molecular weight excluding hydrogens is 206 g/mol. The Hall–Kier alpha value is -0.940. The van der Waals surface area contributed by atoms with Crippen LogP contribution >= 0.6 is 0 Å². The molecule has 0 aliphatic heterocycles. The summed E-state index contributed by atoms with van der Waals surface area (Å²) in [6, 6.07) is 0.458. The van der Waals surface area contributed by atoms with Crippen molar-refractivity contribution in [2.24, 2.45) is 0 Å². The number of aryl methyl sites for hydroxylation is 1. The molecule has 0 saturated heterocycles. The van der Waals surface area contributed by atoms with Gasteiger partial charge in [-0.05, 0) is 26.8 Å². The maximum Gasteiger partial charge on any atom is 0.226 e. The van der Waals surface area contributed by atoms with Crippen LogP contribution in [0.3, 0.4) is 0 Å². The van der Waals surface area contributed by atoms with Crippen molar-refractivity contribution in [1.82, 2.24) is 15.5 Å². The zero-order valence-electron chi connectivity index (χ0n) is 10.5. The molecule has 0 aliphatic rings. The molecule has 1 N–H and O–H groups in total. The van der Waals surface area contributed by atoms with Gasteiger partial charge in [0.25, 0.3) is 0 Å². The second kappa shape index (κ2) is 6.60. The van der Waals surface area contributed by atoms with E-state index in [1.165, 1.54) is 0 Å². The highest BCUT2D eigenvalue weighted by Crippen LogP contribution is 2.17. The normalized spacial score (nSPS) is 15.0. The van der Waals surface area contributed by atoms with Crippen molar-refractivity contribution in [3.8, 4) is 0 Å². The number of aromatic nitrogens is 2. The van der Waals surface area contributed by atoms with Gasteiger partial charge in [-0.2, -0.15) is 4.98 Å². The third-order valence-electron chi connectivity index (χ3n) is 2.71. The molecular formula is C11H21N3O2. The van der Waals surface area contributed by atoms with Crippen LogP contribution in [-0.4, -0.2) is 30.3 Å². The lowest BCUT2D eigenvalue weighted by atomic mass is 10.2. The van der Waals surface area contributed by atoms with Crippen LogP contribution in [0.2, 0.25) is 0 Å². The molecule has 0 bridgehead atoms. The fourth-order valence-corrected chi connectivity index (χ4v) is 1.44. The Balaban J connectivity index is 2.51. The van der Waals surface area contributed by atoms with Gasteiger partial charge in [0.1, 0.15) is 6.10 Å². The molecule has 0 radical (unpaired) electrons. The minimum absolute atomic E-state index is 0.0563. The number of nitrogens with zero attached hydrogens (tertiary/aromatic N) is 2. The molecule has 1 aromatic heterocycles. The summed E-state index contributed by atoms with van der Waals surface area (Å²) in [5, 5.41) is 7.10. The van der Waals surface area contributed by atoms with E-state index in [-0.39, 0.29) is 6.10 Å². The van der Waals surface area contributed by atoms with Crippen LogP contribution in [0.4, 0.5) is 0 Å². The Morgan fingerprint density at radius 3 is 2.81 bits per heavy atom. The van der Waals surface area contributed by atoms with E-state index >= 15 is 0 Å². The predicted octanol–water partition coefficient (Wildman–Crippen LogP) is 1.71. The average Bonchev–Trinajstić information content (AvgIpc) is 2.76. The molecule has 1 heterocycles. The number of ether oxygens (including phenoxy) is 1. The molecule has 1 aromatic rings. The summed E-state index contributed by atoms with van der Waals surface area (Å²) in [6.07, 6.45) is 2.58. The first kappa shape index (κ1) is 13.1. The van der Waals surface area contributed by atoms with E-state index in [0.717, 1.165) is 19.3 Å². The van der Waals surface area contributed by atoms with E-state index in [9.17, 15) is 0 Å². The average molecular weight is 227 g/mol. The molecule has 5 heteroatoms. The van der Waals surface area contributed by atoms with Crippen molar-refractivity contribution in [2.75, 3.05) is 14.2 Å². The van der Waals surface area contributed by atoms with Crippen LogP contribution in [-0.2, 0) is 11.2 Å². The van der Waals surface area contributed by atoms with Gasteiger partial charge in [0.2, 0.25) is 11.7 Å². The van der Waals surface area contributed by atoms with Crippen LogP contribution in [0.5, 0.6) is 0 Å².